The normalized spacial score (nSPS) is 17.5. The van der Waals surface area contributed by atoms with Gasteiger partial charge < -0.3 is 39.3 Å². The van der Waals surface area contributed by atoms with Crippen LogP contribution in [0.25, 0.3) is 11.4 Å². The number of rotatable bonds is 9. The summed E-state index contributed by atoms with van der Waals surface area (Å²) >= 11 is 0. The molecule has 5 rings (SSSR count). The van der Waals surface area contributed by atoms with Gasteiger partial charge in [0.15, 0.2) is 5.82 Å². The molecule has 3 amide bonds. The fourth-order valence-electron chi connectivity index (χ4n) is 5.44. The SMILES string of the molecule is CCOC(=O)N1CCN(C(=O)C(NC(=O)c2cc(N3CC[C@H](OC)C3)nc(-c3ccccc3)n2)c2cccc(P(=O)(O)O)c2)CC1. The Balaban J connectivity index is 1.47. The van der Waals surface area contributed by atoms with Gasteiger partial charge in [0.05, 0.1) is 18.0 Å². The third-order valence-electron chi connectivity index (χ3n) is 7.96. The number of carbonyl (C=O) groups is 3. The summed E-state index contributed by atoms with van der Waals surface area (Å²) in [6, 6.07) is 14.9. The molecule has 2 aliphatic rings. The van der Waals surface area contributed by atoms with Crippen molar-refractivity contribution in [2.24, 2.45) is 0 Å². The molecule has 0 saturated carbocycles. The summed E-state index contributed by atoms with van der Waals surface area (Å²) in [5, 5.41) is 2.48. The van der Waals surface area contributed by atoms with E-state index in [9.17, 15) is 28.7 Å². The second-order valence-corrected chi connectivity index (χ2v) is 12.6. The van der Waals surface area contributed by atoms with Gasteiger partial charge in [-0.15, -0.1) is 0 Å². The Morgan fingerprint density at radius 1 is 0.978 bits per heavy atom. The lowest BCUT2D eigenvalue weighted by molar-refractivity contribution is -0.135. The second-order valence-electron chi connectivity index (χ2n) is 11.0. The molecule has 3 N–H and O–H groups in total. The minimum atomic E-state index is -4.66. The number of aromatic nitrogens is 2. The minimum absolute atomic E-state index is 0.0139. The van der Waals surface area contributed by atoms with Gasteiger partial charge in [0.2, 0.25) is 5.91 Å². The number of ether oxygens (including phenoxy) is 2. The number of methoxy groups -OCH3 is 1. The Morgan fingerprint density at radius 2 is 1.70 bits per heavy atom. The molecule has 2 aromatic carbocycles. The highest BCUT2D eigenvalue weighted by Gasteiger charge is 2.33. The fourth-order valence-corrected chi connectivity index (χ4v) is 6.04. The third kappa shape index (κ3) is 7.71. The van der Waals surface area contributed by atoms with E-state index in [4.69, 9.17) is 14.5 Å². The number of piperazine rings is 1. The highest BCUT2D eigenvalue weighted by Crippen LogP contribution is 2.34. The van der Waals surface area contributed by atoms with Crippen molar-refractivity contribution < 1.29 is 38.2 Å². The highest BCUT2D eigenvalue weighted by atomic mass is 31.2. The van der Waals surface area contributed by atoms with Crippen LogP contribution in [0.3, 0.4) is 0 Å². The third-order valence-corrected chi connectivity index (χ3v) is 8.91. The molecule has 244 valence electrons. The van der Waals surface area contributed by atoms with Crippen LogP contribution in [0, 0.1) is 0 Å². The van der Waals surface area contributed by atoms with Crippen LogP contribution in [0.2, 0.25) is 0 Å². The Kier molecular flexibility index (Phi) is 10.3. The lowest BCUT2D eigenvalue weighted by atomic mass is 10.0. The van der Waals surface area contributed by atoms with E-state index >= 15 is 0 Å². The maximum atomic E-state index is 14.0. The molecule has 2 saturated heterocycles. The van der Waals surface area contributed by atoms with Crippen molar-refractivity contribution in [3.63, 3.8) is 0 Å². The first-order valence-electron chi connectivity index (χ1n) is 15.0. The Labute approximate surface area is 266 Å². The summed E-state index contributed by atoms with van der Waals surface area (Å²) in [5.74, 6) is -0.321. The molecular weight excluding hydrogens is 615 g/mol. The molecule has 2 atom stereocenters. The van der Waals surface area contributed by atoms with Crippen LogP contribution >= 0.6 is 7.60 Å². The molecule has 0 aliphatic carbocycles. The summed E-state index contributed by atoms with van der Waals surface area (Å²) in [6.07, 6.45) is 0.330. The van der Waals surface area contributed by atoms with Gasteiger partial charge in [-0.3, -0.25) is 14.2 Å². The van der Waals surface area contributed by atoms with Gasteiger partial charge in [-0.25, -0.2) is 14.8 Å². The molecule has 2 fully saturated rings. The Morgan fingerprint density at radius 3 is 2.35 bits per heavy atom. The van der Waals surface area contributed by atoms with Crippen molar-refractivity contribution in [2.75, 3.05) is 57.9 Å². The lowest BCUT2D eigenvalue weighted by Crippen LogP contribution is -2.53. The molecule has 15 heteroatoms. The molecule has 14 nitrogen and oxygen atoms in total. The van der Waals surface area contributed by atoms with Crippen molar-refractivity contribution in [1.82, 2.24) is 25.1 Å². The molecule has 0 spiro atoms. The van der Waals surface area contributed by atoms with Crippen LogP contribution in [0.4, 0.5) is 10.6 Å². The molecule has 0 radical (unpaired) electrons. The molecule has 0 bridgehead atoms. The van der Waals surface area contributed by atoms with Gasteiger partial charge in [0.1, 0.15) is 17.6 Å². The molecule has 3 heterocycles. The first kappa shape index (κ1) is 33.0. The molecular formula is C31H37N6O8P. The monoisotopic (exact) mass is 652 g/mol. The van der Waals surface area contributed by atoms with E-state index in [1.165, 1.54) is 34.1 Å². The van der Waals surface area contributed by atoms with Gasteiger partial charge in [0.25, 0.3) is 5.91 Å². The summed E-state index contributed by atoms with van der Waals surface area (Å²) < 4.78 is 22.7. The zero-order valence-electron chi connectivity index (χ0n) is 25.6. The second kappa shape index (κ2) is 14.4. The maximum absolute atomic E-state index is 14.0. The number of benzene rings is 2. The number of nitrogens with zero attached hydrogens (tertiary/aromatic N) is 5. The van der Waals surface area contributed by atoms with Crippen molar-refractivity contribution in [3.8, 4) is 11.4 Å². The van der Waals surface area contributed by atoms with Crippen molar-refractivity contribution in [3.05, 3.63) is 71.9 Å². The zero-order chi connectivity index (χ0) is 32.8. The predicted molar refractivity (Wildman–Crippen MR) is 169 cm³/mol. The molecule has 1 unspecified atom stereocenters. The number of hydrogen-bond acceptors (Lipinski definition) is 9. The van der Waals surface area contributed by atoms with E-state index in [0.29, 0.717) is 30.3 Å². The fraction of sp³-hybridized carbons (Fsp3) is 0.387. The molecule has 2 aliphatic heterocycles. The number of hydrogen-bond donors (Lipinski definition) is 3. The summed E-state index contributed by atoms with van der Waals surface area (Å²) in [5.41, 5.74) is 0.898. The van der Waals surface area contributed by atoms with Gasteiger partial charge in [-0.2, -0.15) is 0 Å². The average molecular weight is 653 g/mol. The molecule has 1 aromatic heterocycles. The summed E-state index contributed by atoms with van der Waals surface area (Å²) in [7, 11) is -3.01. The maximum Gasteiger partial charge on any atom is 0.409 e. The molecule has 46 heavy (non-hydrogen) atoms. The number of anilines is 1. The first-order chi connectivity index (χ1) is 22.1. The van der Waals surface area contributed by atoms with E-state index in [2.05, 4.69) is 10.3 Å². The topological polar surface area (TPSA) is 175 Å². The van der Waals surface area contributed by atoms with E-state index < -0.39 is 31.5 Å². The molecule has 3 aromatic rings. The zero-order valence-corrected chi connectivity index (χ0v) is 26.5. The highest BCUT2D eigenvalue weighted by molar-refractivity contribution is 7.60. The van der Waals surface area contributed by atoms with E-state index in [0.717, 1.165) is 6.42 Å². The van der Waals surface area contributed by atoms with Crippen molar-refractivity contribution in [1.29, 1.82) is 0 Å². The summed E-state index contributed by atoms with van der Waals surface area (Å²) in [4.78, 5) is 74.1. The van der Waals surface area contributed by atoms with Crippen LogP contribution in [0.1, 0.15) is 35.4 Å². The van der Waals surface area contributed by atoms with Crippen LogP contribution in [-0.4, -0.2) is 107 Å². The van der Waals surface area contributed by atoms with Gasteiger partial charge >= 0.3 is 13.7 Å². The van der Waals surface area contributed by atoms with Crippen LogP contribution < -0.4 is 15.5 Å². The minimum Gasteiger partial charge on any atom is -0.450 e. The quantitative estimate of drug-likeness (QED) is 0.288. The predicted octanol–water partition coefficient (Wildman–Crippen LogP) is 1.94. The Hall–Kier alpha value is -4.36. The summed E-state index contributed by atoms with van der Waals surface area (Å²) in [6.45, 7) is 3.98. The van der Waals surface area contributed by atoms with E-state index in [1.807, 2.05) is 35.2 Å². The smallest absolute Gasteiger partial charge is 0.409 e. The van der Waals surface area contributed by atoms with Gasteiger partial charge in [0, 0.05) is 58.0 Å². The first-order valence-corrected chi connectivity index (χ1v) is 16.6. The average Bonchev–Trinajstić information content (AvgIpc) is 3.56. The van der Waals surface area contributed by atoms with Gasteiger partial charge in [-0.05, 0) is 31.0 Å². The number of carbonyl (C=O) groups excluding carboxylic acids is 3. The Bertz CT molecular complexity index is 1610. The van der Waals surface area contributed by atoms with Crippen LogP contribution in [0.5, 0.6) is 0 Å². The van der Waals surface area contributed by atoms with Crippen molar-refractivity contribution in [2.45, 2.75) is 25.5 Å². The van der Waals surface area contributed by atoms with E-state index in [-0.39, 0.29) is 55.5 Å². The van der Waals surface area contributed by atoms with Crippen molar-refractivity contribution >= 4 is 36.6 Å². The largest absolute Gasteiger partial charge is 0.450 e. The van der Waals surface area contributed by atoms with E-state index in [1.54, 1.807) is 20.1 Å². The number of amides is 3. The lowest BCUT2D eigenvalue weighted by Gasteiger charge is -2.36. The van der Waals surface area contributed by atoms with Crippen LogP contribution in [0.15, 0.2) is 60.7 Å². The standard InChI is InChI=1S/C31H37N6O8P/c1-3-45-31(40)36-16-14-35(15-17-36)30(39)27(22-10-7-11-24(18-22)46(41,42)43)34-29(38)25-19-26(37-13-12-23(20-37)44-2)33-28(32-25)21-8-5-4-6-9-21/h4-11,18-19,23,27H,3,12-17,20H2,1-2H3,(H,34,38)(H2,41,42,43)/t23-,27?/m0/s1. The van der Waals surface area contributed by atoms with Crippen LogP contribution in [-0.2, 0) is 18.8 Å². The number of nitrogens with one attached hydrogen (secondary N) is 1. The van der Waals surface area contributed by atoms with Gasteiger partial charge in [-0.1, -0.05) is 42.5 Å².